The molecular weight excluding hydrogens is 328 g/mol. The van der Waals surface area contributed by atoms with E-state index in [-0.39, 0.29) is 27.4 Å². The number of ether oxygens (including phenoxy) is 1. The van der Waals surface area contributed by atoms with E-state index in [1.54, 1.807) is 6.07 Å². The molecule has 0 spiro atoms. The minimum absolute atomic E-state index is 0. The number of alkyl halides is 2. The van der Waals surface area contributed by atoms with Crippen LogP contribution < -0.4 is 15.4 Å². The maximum atomic E-state index is 12.2. The molecule has 1 aliphatic rings. The summed E-state index contributed by atoms with van der Waals surface area (Å²) in [5.41, 5.74) is 0.646. The van der Waals surface area contributed by atoms with Crippen molar-refractivity contribution in [2.24, 2.45) is 17.8 Å². The lowest BCUT2D eigenvalue weighted by atomic mass is 9.72. The lowest BCUT2D eigenvalue weighted by Gasteiger charge is -2.36. The average Bonchev–Trinajstić information content (AvgIpc) is 2.55. The fraction of sp³-hybridized carbons (Fsp3) is 0.667. The molecule has 0 radical (unpaired) electrons. The molecule has 5 nitrogen and oxygen atoms in total. The molecule has 7 heteroatoms. The molecule has 25 heavy (non-hydrogen) atoms. The van der Waals surface area contributed by atoms with E-state index >= 15 is 0 Å². The van der Waals surface area contributed by atoms with Gasteiger partial charge in [-0.05, 0) is 42.7 Å². The van der Waals surface area contributed by atoms with Gasteiger partial charge in [-0.25, -0.2) is 9.78 Å². The largest absolute Gasteiger partial charge is 0.417 e. The minimum atomic E-state index is -2.92. The first kappa shape index (κ1) is 19.4. The van der Waals surface area contributed by atoms with Crippen LogP contribution in [0.4, 0.5) is 13.6 Å². The van der Waals surface area contributed by atoms with Crippen molar-refractivity contribution < 1.29 is 21.2 Å². The number of hydrogen-bond acceptors (Lipinski definition) is 3. The number of carbonyl (C=O) groups excluding carboxylic acids is 1. The number of halogens is 2. The highest BCUT2D eigenvalue weighted by Gasteiger charge is 2.30. The van der Waals surface area contributed by atoms with Gasteiger partial charge in [0.15, 0.2) is 0 Å². The molecule has 4 unspecified atom stereocenters. The highest BCUT2D eigenvalue weighted by molar-refractivity contribution is 5.74. The first-order valence-electron chi connectivity index (χ1n) is 8.79. The van der Waals surface area contributed by atoms with Gasteiger partial charge in [-0.15, -0.1) is 0 Å². The summed E-state index contributed by atoms with van der Waals surface area (Å²) < 4.78 is 28.7. The van der Waals surface area contributed by atoms with Crippen LogP contribution in [0.5, 0.6) is 5.88 Å². The molecule has 1 heterocycles. The maximum absolute atomic E-state index is 12.2. The summed E-state index contributed by atoms with van der Waals surface area (Å²) in [6.45, 7) is 3.85. The molecule has 144 valence electrons. The second-order valence-corrected chi connectivity index (χ2v) is 7.06. The normalized spacial score (nSPS) is 24.6. The molecule has 1 aliphatic carbocycles. The summed E-state index contributed by atoms with van der Waals surface area (Å²) in [4.78, 5) is 15.8. The van der Waals surface area contributed by atoms with E-state index < -0.39 is 6.61 Å². The van der Waals surface area contributed by atoms with Crippen LogP contribution in [0.15, 0.2) is 18.3 Å². The van der Waals surface area contributed by atoms with E-state index in [2.05, 4.69) is 34.2 Å². The van der Waals surface area contributed by atoms with Crippen LogP contribution in [0.1, 0.15) is 48.5 Å². The number of pyridine rings is 1. The van der Waals surface area contributed by atoms with Gasteiger partial charge in [0, 0.05) is 27.7 Å². The zero-order valence-electron chi connectivity index (χ0n) is 15.0. The zero-order valence-corrected chi connectivity index (χ0v) is 15.0. The Morgan fingerprint density at radius 2 is 2.20 bits per heavy atom. The lowest BCUT2D eigenvalue weighted by molar-refractivity contribution is -0.0529. The van der Waals surface area contributed by atoms with Gasteiger partial charge in [0.2, 0.25) is 5.88 Å². The molecule has 2 amide bonds. The summed E-state index contributed by atoms with van der Waals surface area (Å²) in [5.74, 6) is 1.61. The Labute approximate surface area is 150 Å². The van der Waals surface area contributed by atoms with E-state index in [4.69, 9.17) is 0 Å². The number of amides is 2. The minimum Gasteiger partial charge on any atom is -0.417 e. The number of nitrogens with zero attached hydrogens (tertiary/aromatic N) is 1. The Morgan fingerprint density at radius 3 is 2.92 bits per heavy atom. The van der Waals surface area contributed by atoms with Gasteiger partial charge in [-0.3, -0.25) is 0 Å². The summed E-state index contributed by atoms with van der Waals surface area (Å²) in [5, 5.41) is 5.76. The summed E-state index contributed by atoms with van der Waals surface area (Å²) >= 11 is 0. The second-order valence-electron chi connectivity index (χ2n) is 7.06. The van der Waals surface area contributed by atoms with Gasteiger partial charge >= 0.3 is 12.6 Å². The van der Waals surface area contributed by atoms with Crippen molar-refractivity contribution in [3.05, 3.63) is 23.9 Å². The molecule has 0 bridgehead atoms. The third-order valence-corrected chi connectivity index (χ3v) is 4.98. The van der Waals surface area contributed by atoms with Gasteiger partial charge in [-0.1, -0.05) is 26.7 Å². The molecule has 2 rings (SSSR count). The molecule has 0 aliphatic heterocycles. The number of carbonyl (C=O) groups is 1. The van der Waals surface area contributed by atoms with Crippen LogP contribution in [0.25, 0.3) is 0 Å². The Kier molecular flexibility index (Phi) is 6.96. The predicted octanol–water partition coefficient (Wildman–Crippen LogP) is 4.44. The van der Waals surface area contributed by atoms with E-state index in [9.17, 15) is 13.6 Å². The molecule has 1 aromatic rings. The van der Waals surface area contributed by atoms with Crippen molar-refractivity contribution in [1.29, 1.82) is 0 Å². The Bertz CT molecular complexity index is 581. The topological polar surface area (TPSA) is 63.2 Å². The molecule has 0 saturated heterocycles. The quantitative estimate of drug-likeness (QED) is 0.789. The van der Waals surface area contributed by atoms with Crippen molar-refractivity contribution in [1.82, 2.24) is 15.6 Å². The Balaban J connectivity index is 0.00000338. The Hall–Kier alpha value is -1.92. The van der Waals surface area contributed by atoms with Crippen molar-refractivity contribution in [3.63, 3.8) is 0 Å². The highest BCUT2D eigenvalue weighted by Crippen LogP contribution is 2.35. The van der Waals surface area contributed by atoms with Gasteiger partial charge in [-0.2, -0.15) is 8.78 Å². The van der Waals surface area contributed by atoms with E-state index in [1.807, 2.05) is 6.92 Å². The van der Waals surface area contributed by atoms with Crippen molar-refractivity contribution in [2.75, 3.05) is 0 Å². The van der Waals surface area contributed by atoms with E-state index in [0.717, 1.165) is 6.42 Å². The van der Waals surface area contributed by atoms with Crippen LogP contribution in [-0.2, 0) is 6.54 Å². The lowest BCUT2D eigenvalue weighted by Crippen LogP contribution is -2.46. The summed E-state index contributed by atoms with van der Waals surface area (Å²) in [6, 6.07) is 2.87. The van der Waals surface area contributed by atoms with Crippen molar-refractivity contribution in [3.8, 4) is 5.88 Å². The SMILES string of the molecule is CC1CCC(C)C(C(C)NC(=O)NCc2ccnc(OC(F)F)c2)C1.[HH].[HH]. The molecule has 1 saturated carbocycles. The number of hydrogen-bond donors (Lipinski definition) is 2. The number of rotatable bonds is 6. The molecule has 1 fully saturated rings. The molecule has 2 N–H and O–H groups in total. The third-order valence-electron chi connectivity index (χ3n) is 4.98. The van der Waals surface area contributed by atoms with Gasteiger partial charge < -0.3 is 15.4 Å². The predicted molar refractivity (Wildman–Crippen MR) is 95.6 cm³/mol. The molecule has 1 aromatic heterocycles. The van der Waals surface area contributed by atoms with E-state index in [0.29, 0.717) is 23.3 Å². The number of urea groups is 1. The molecule has 4 atom stereocenters. The van der Waals surface area contributed by atoms with Gasteiger partial charge in [0.05, 0.1) is 0 Å². The monoisotopic (exact) mass is 359 g/mol. The summed E-state index contributed by atoms with van der Waals surface area (Å²) in [6.07, 6.45) is 4.95. The fourth-order valence-corrected chi connectivity index (χ4v) is 3.54. The van der Waals surface area contributed by atoms with Crippen molar-refractivity contribution in [2.45, 2.75) is 59.2 Å². The smallest absolute Gasteiger partial charge is 0.388 e. The number of nitrogens with one attached hydrogen (secondary N) is 2. The average molecular weight is 359 g/mol. The third kappa shape index (κ3) is 6.14. The van der Waals surface area contributed by atoms with Gasteiger partial charge in [0.1, 0.15) is 0 Å². The highest BCUT2D eigenvalue weighted by atomic mass is 19.3. The molecule has 0 aromatic carbocycles. The van der Waals surface area contributed by atoms with Crippen LogP contribution >= 0.6 is 0 Å². The molecular formula is C18H31F2N3O2. The first-order valence-corrected chi connectivity index (χ1v) is 8.79. The van der Waals surface area contributed by atoms with Crippen LogP contribution in [0.2, 0.25) is 0 Å². The van der Waals surface area contributed by atoms with Crippen LogP contribution in [0.3, 0.4) is 0 Å². The maximum Gasteiger partial charge on any atom is 0.388 e. The Morgan fingerprint density at radius 1 is 1.44 bits per heavy atom. The van der Waals surface area contributed by atoms with Crippen LogP contribution in [-0.4, -0.2) is 23.7 Å². The zero-order chi connectivity index (χ0) is 18.4. The van der Waals surface area contributed by atoms with E-state index in [1.165, 1.54) is 25.1 Å². The van der Waals surface area contributed by atoms with Crippen molar-refractivity contribution >= 4 is 6.03 Å². The summed E-state index contributed by atoms with van der Waals surface area (Å²) in [7, 11) is 0. The van der Waals surface area contributed by atoms with Crippen LogP contribution in [0, 0.1) is 17.8 Å². The van der Waals surface area contributed by atoms with Gasteiger partial charge in [0.25, 0.3) is 0 Å². The second kappa shape index (κ2) is 8.97. The fourth-order valence-electron chi connectivity index (χ4n) is 3.54. The first-order chi connectivity index (χ1) is 11.8. The number of aromatic nitrogens is 1. The standard InChI is InChI=1S/C18H27F2N3O2.2H2/c1-11-4-5-12(2)15(8-11)13(3)23-18(24)22-10-14-6-7-21-16(9-14)25-17(19)20;;/h6-7,9,11-13,15,17H,4-5,8,10H2,1-3H3,(H2,22,23,24);2*1H.